The van der Waals surface area contributed by atoms with Crippen molar-refractivity contribution in [2.75, 3.05) is 20.3 Å². The van der Waals surface area contributed by atoms with Crippen LogP contribution in [0.5, 0.6) is 11.6 Å². The Labute approximate surface area is 146 Å². The second kappa shape index (κ2) is 7.09. The minimum Gasteiger partial charge on any atom is -0.496 e. The highest BCUT2D eigenvalue weighted by Gasteiger charge is 2.25. The Bertz CT molecular complexity index is 764. The number of hydrogen-bond acceptors (Lipinski definition) is 4. The monoisotopic (exact) mass is 346 g/mol. The molecule has 1 aromatic carbocycles. The number of rotatable bonds is 4. The number of benzene rings is 1. The standard InChI is InChI=1S/C18H19ClN2O3/c1-3-24-17-7-4-12-11-21(9-8-15(12)20-17)18(22)14-10-13(19)5-6-16(14)23-2/h4-7,10H,3,8-9,11H2,1-2H3. The molecule has 6 heteroatoms. The highest BCUT2D eigenvalue weighted by molar-refractivity contribution is 6.31. The van der Waals surface area contributed by atoms with E-state index in [1.165, 1.54) is 0 Å². The average molecular weight is 347 g/mol. The average Bonchev–Trinajstić information content (AvgIpc) is 2.61. The van der Waals surface area contributed by atoms with Gasteiger partial charge in [0.15, 0.2) is 0 Å². The molecule has 2 heterocycles. The molecule has 0 fully saturated rings. The first-order valence-electron chi connectivity index (χ1n) is 7.86. The fourth-order valence-electron chi connectivity index (χ4n) is 2.82. The lowest BCUT2D eigenvalue weighted by atomic mass is 10.0. The molecule has 24 heavy (non-hydrogen) atoms. The van der Waals surface area contributed by atoms with Gasteiger partial charge in [-0.2, -0.15) is 0 Å². The molecule has 1 aliphatic heterocycles. The topological polar surface area (TPSA) is 51.7 Å². The Hall–Kier alpha value is -2.27. The number of carbonyl (C=O) groups excluding carboxylic acids is 1. The van der Waals surface area contributed by atoms with E-state index in [-0.39, 0.29) is 5.91 Å². The number of nitrogens with zero attached hydrogens (tertiary/aromatic N) is 2. The van der Waals surface area contributed by atoms with Gasteiger partial charge in [-0.15, -0.1) is 0 Å². The van der Waals surface area contributed by atoms with Crippen molar-refractivity contribution >= 4 is 17.5 Å². The molecule has 126 valence electrons. The molecule has 0 atom stereocenters. The SMILES string of the molecule is CCOc1ccc2c(n1)CCN(C(=O)c1cc(Cl)ccc1OC)C2. The molecule has 0 radical (unpaired) electrons. The number of aromatic nitrogens is 1. The lowest BCUT2D eigenvalue weighted by Crippen LogP contribution is -2.36. The zero-order valence-electron chi connectivity index (χ0n) is 13.7. The van der Waals surface area contributed by atoms with Crippen LogP contribution in [0.3, 0.4) is 0 Å². The Kier molecular flexibility index (Phi) is 4.90. The molecule has 0 saturated heterocycles. The molecule has 0 unspecified atom stereocenters. The fraction of sp³-hybridized carbons (Fsp3) is 0.333. The lowest BCUT2D eigenvalue weighted by molar-refractivity contribution is 0.0730. The van der Waals surface area contributed by atoms with Crippen LogP contribution in [0, 0.1) is 0 Å². The van der Waals surface area contributed by atoms with Gasteiger partial charge in [0.05, 0.1) is 25.0 Å². The zero-order chi connectivity index (χ0) is 17.1. The number of amides is 1. The second-order valence-electron chi connectivity index (χ2n) is 5.51. The molecule has 3 rings (SSSR count). The van der Waals surface area contributed by atoms with E-state index in [0.29, 0.717) is 48.3 Å². The van der Waals surface area contributed by atoms with Crippen LogP contribution in [-0.4, -0.2) is 36.1 Å². The van der Waals surface area contributed by atoms with Crippen molar-refractivity contribution < 1.29 is 14.3 Å². The molecular formula is C18H19ClN2O3. The van der Waals surface area contributed by atoms with Crippen LogP contribution in [0.1, 0.15) is 28.5 Å². The van der Waals surface area contributed by atoms with Gasteiger partial charge in [0.25, 0.3) is 5.91 Å². The van der Waals surface area contributed by atoms with Gasteiger partial charge in [-0.3, -0.25) is 4.79 Å². The molecule has 0 bridgehead atoms. The van der Waals surface area contributed by atoms with E-state index in [0.717, 1.165) is 11.3 Å². The van der Waals surface area contributed by atoms with Crippen LogP contribution < -0.4 is 9.47 Å². The maximum Gasteiger partial charge on any atom is 0.257 e. The van der Waals surface area contributed by atoms with Crippen LogP contribution in [0.15, 0.2) is 30.3 Å². The maximum atomic E-state index is 12.9. The number of fused-ring (bicyclic) bond motifs is 1. The van der Waals surface area contributed by atoms with E-state index >= 15 is 0 Å². The number of pyridine rings is 1. The fourth-order valence-corrected chi connectivity index (χ4v) is 2.99. The summed E-state index contributed by atoms with van der Waals surface area (Å²) in [5.74, 6) is 1.07. The van der Waals surface area contributed by atoms with Crippen LogP contribution in [0.4, 0.5) is 0 Å². The Morgan fingerprint density at radius 3 is 2.92 bits per heavy atom. The summed E-state index contributed by atoms with van der Waals surface area (Å²) in [6.45, 7) is 3.64. The van der Waals surface area contributed by atoms with Crippen LogP contribution in [0.25, 0.3) is 0 Å². The molecule has 0 N–H and O–H groups in total. The summed E-state index contributed by atoms with van der Waals surface area (Å²) in [4.78, 5) is 19.2. The summed E-state index contributed by atoms with van der Waals surface area (Å²) in [5.41, 5.74) is 2.51. The van der Waals surface area contributed by atoms with Gasteiger partial charge < -0.3 is 14.4 Å². The molecule has 2 aromatic rings. The van der Waals surface area contributed by atoms with E-state index in [2.05, 4.69) is 4.98 Å². The molecule has 5 nitrogen and oxygen atoms in total. The van der Waals surface area contributed by atoms with E-state index < -0.39 is 0 Å². The van der Waals surface area contributed by atoms with Gasteiger partial charge in [0.1, 0.15) is 5.75 Å². The number of halogens is 1. The Balaban J connectivity index is 1.82. The molecular weight excluding hydrogens is 328 g/mol. The second-order valence-corrected chi connectivity index (χ2v) is 5.95. The number of methoxy groups -OCH3 is 1. The number of carbonyl (C=O) groups is 1. The van der Waals surface area contributed by atoms with Crippen molar-refractivity contribution in [1.82, 2.24) is 9.88 Å². The predicted octanol–water partition coefficient (Wildman–Crippen LogP) is 3.34. The normalized spacial score (nSPS) is 13.4. The summed E-state index contributed by atoms with van der Waals surface area (Å²) in [6.07, 6.45) is 0.699. The molecule has 0 spiro atoms. The quantitative estimate of drug-likeness (QED) is 0.852. The first-order valence-corrected chi connectivity index (χ1v) is 8.24. The van der Waals surface area contributed by atoms with Crippen molar-refractivity contribution in [1.29, 1.82) is 0 Å². The third-order valence-corrected chi connectivity index (χ3v) is 4.23. The lowest BCUT2D eigenvalue weighted by Gasteiger charge is -2.29. The number of hydrogen-bond donors (Lipinski definition) is 0. The Morgan fingerprint density at radius 2 is 2.17 bits per heavy atom. The van der Waals surface area contributed by atoms with Gasteiger partial charge in [-0.1, -0.05) is 17.7 Å². The van der Waals surface area contributed by atoms with E-state index in [9.17, 15) is 4.79 Å². The van der Waals surface area contributed by atoms with Crippen molar-refractivity contribution in [3.63, 3.8) is 0 Å². The molecule has 1 aliphatic rings. The van der Waals surface area contributed by atoms with Gasteiger partial charge in [0, 0.05) is 30.6 Å². The van der Waals surface area contributed by atoms with Crippen molar-refractivity contribution in [2.24, 2.45) is 0 Å². The maximum absolute atomic E-state index is 12.9. The highest BCUT2D eigenvalue weighted by Crippen LogP contribution is 2.27. The predicted molar refractivity (Wildman–Crippen MR) is 91.9 cm³/mol. The summed E-state index contributed by atoms with van der Waals surface area (Å²) in [7, 11) is 1.55. The number of ether oxygens (including phenoxy) is 2. The zero-order valence-corrected chi connectivity index (χ0v) is 14.5. The van der Waals surface area contributed by atoms with Crippen LogP contribution >= 0.6 is 11.6 Å². The Morgan fingerprint density at radius 1 is 1.33 bits per heavy atom. The van der Waals surface area contributed by atoms with Gasteiger partial charge >= 0.3 is 0 Å². The van der Waals surface area contributed by atoms with Crippen LogP contribution in [-0.2, 0) is 13.0 Å². The first-order chi connectivity index (χ1) is 11.6. The largest absolute Gasteiger partial charge is 0.496 e. The first kappa shape index (κ1) is 16.6. The van der Waals surface area contributed by atoms with E-state index in [4.69, 9.17) is 21.1 Å². The molecule has 1 amide bonds. The van der Waals surface area contributed by atoms with Crippen LogP contribution in [0.2, 0.25) is 5.02 Å². The smallest absolute Gasteiger partial charge is 0.257 e. The van der Waals surface area contributed by atoms with Crippen molar-refractivity contribution in [2.45, 2.75) is 19.9 Å². The minimum atomic E-state index is -0.0890. The third-order valence-electron chi connectivity index (χ3n) is 3.99. The molecule has 1 aromatic heterocycles. The van der Waals surface area contributed by atoms with Gasteiger partial charge in [-0.05, 0) is 30.7 Å². The third kappa shape index (κ3) is 3.31. The molecule has 0 aliphatic carbocycles. The van der Waals surface area contributed by atoms with Gasteiger partial charge in [-0.25, -0.2) is 4.98 Å². The summed E-state index contributed by atoms with van der Waals surface area (Å²) in [6, 6.07) is 8.89. The summed E-state index contributed by atoms with van der Waals surface area (Å²) < 4.78 is 10.7. The van der Waals surface area contributed by atoms with Gasteiger partial charge in [0.2, 0.25) is 5.88 Å². The van der Waals surface area contributed by atoms with Crippen molar-refractivity contribution in [3.05, 3.63) is 52.2 Å². The molecule has 0 saturated carbocycles. The van der Waals surface area contributed by atoms with Crippen molar-refractivity contribution in [3.8, 4) is 11.6 Å². The highest BCUT2D eigenvalue weighted by atomic mass is 35.5. The van der Waals surface area contributed by atoms with E-state index in [1.807, 2.05) is 19.1 Å². The summed E-state index contributed by atoms with van der Waals surface area (Å²) in [5, 5.41) is 0.514. The minimum absolute atomic E-state index is 0.0890. The van der Waals surface area contributed by atoms with E-state index in [1.54, 1.807) is 30.2 Å². The summed E-state index contributed by atoms with van der Waals surface area (Å²) >= 11 is 6.03.